The van der Waals surface area contributed by atoms with Crippen LogP contribution in [0.4, 0.5) is 0 Å². The maximum absolute atomic E-state index is 5.90. The van der Waals surface area contributed by atoms with Crippen LogP contribution >= 0.6 is 23.2 Å². The molecule has 0 atom stereocenters. The van der Waals surface area contributed by atoms with Crippen molar-refractivity contribution >= 4 is 34.1 Å². The van der Waals surface area contributed by atoms with E-state index >= 15 is 0 Å². The third-order valence-electron chi connectivity index (χ3n) is 2.79. The van der Waals surface area contributed by atoms with Crippen LogP contribution in [0.5, 0.6) is 0 Å². The van der Waals surface area contributed by atoms with Crippen LogP contribution in [-0.4, -0.2) is 19.5 Å². The third-order valence-corrected chi connectivity index (χ3v) is 3.20. The molecule has 90 valence electrons. The minimum atomic E-state index is 0.418. The van der Waals surface area contributed by atoms with Gasteiger partial charge in [-0.1, -0.05) is 23.2 Å². The van der Waals surface area contributed by atoms with Crippen molar-refractivity contribution < 1.29 is 0 Å². The number of hydrogen-bond donors (Lipinski definition) is 0. The summed E-state index contributed by atoms with van der Waals surface area (Å²) in [6.45, 7) is 0. The van der Waals surface area contributed by atoms with Gasteiger partial charge in [0.1, 0.15) is 16.6 Å². The highest BCUT2D eigenvalue weighted by atomic mass is 35.5. The largest absolute Gasteiger partial charge is 0.342 e. The summed E-state index contributed by atoms with van der Waals surface area (Å²) >= 11 is 11.8. The van der Waals surface area contributed by atoms with E-state index in [-0.39, 0.29) is 0 Å². The molecule has 6 heteroatoms. The van der Waals surface area contributed by atoms with Gasteiger partial charge >= 0.3 is 0 Å². The van der Waals surface area contributed by atoms with Crippen LogP contribution in [0.15, 0.2) is 30.7 Å². The fraction of sp³-hybridized carbons (Fsp3) is 0.0833. The molecule has 0 amide bonds. The second kappa shape index (κ2) is 4.23. The molecule has 0 saturated carbocycles. The van der Waals surface area contributed by atoms with Crippen LogP contribution < -0.4 is 0 Å². The molecule has 0 N–H and O–H groups in total. The average molecular weight is 279 g/mol. The molecule has 0 fully saturated rings. The van der Waals surface area contributed by atoms with Crippen molar-refractivity contribution in [3.63, 3.8) is 0 Å². The van der Waals surface area contributed by atoms with E-state index in [1.54, 1.807) is 12.3 Å². The lowest BCUT2D eigenvalue weighted by Crippen LogP contribution is -1.94. The van der Waals surface area contributed by atoms with Crippen molar-refractivity contribution in [2.45, 2.75) is 0 Å². The first-order valence-corrected chi connectivity index (χ1v) is 5.99. The maximum Gasteiger partial charge on any atom is 0.133 e. The lowest BCUT2D eigenvalue weighted by molar-refractivity contribution is 0.966. The maximum atomic E-state index is 5.90. The number of hydrogen-bond acceptors (Lipinski definition) is 3. The Morgan fingerprint density at radius 3 is 2.56 bits per heavy atom. The van der Waals surface area contributed by atoms with Gasteiger partial charge in [-0.05, 0) is 12.1 Å². The average Bonchev–Trinajstić information content (AvgIpc) is 2.67. The van der Waals surface area contributed by atoms with E-state index in [4.69, 9.17) is 23.2 Å². The van der Waals surface area contributed by atoms with Crippen LogP contribution in [-0.2, 0) is 7.05 Å². The number of aryl methyl sites for hydroxylation is 1. The highest BCUT2D eigenvalue weighted by Gasteiger charge is 2.10. The standard InChI is InChI=1S/C12H8Cl2N4/c1-18-9-4-12(14)15-5-7(9)2-10(18)8-3-11(13)17-6-16-8/h2-6H,1H3. The van der Waals surface area contributed by atoms with E-state index in [1.807, 2.05) is 23.7 Å². The molecular weight excluding hydrogens is 271 g/mol. The Balaban J connectivity index is 2.27. The topological polar surface area (TPSA) is 43.6 Å². The van der Waals surface area contributed by atoms with Crippen LogP contribution in [0.25, 0.3) is 22.3 Å². The van der Waals surface area contributed by atoms with Crippen molar-refractivity contribution in [3.05, 3.63) is 41.0 Å². The molecule has 0 radical (unpaired) electrons. The monoisotopic (exact) mass is 278 g/mol. The Kier molecular flexibility index (Phi) is 2.69. The molecule has 0 aliphatic carbocycles. The second-order valence-corrected chi connectivity index (χ2v) is 4.65. The smallest absolute Gasteiger partial charge is 0.133 e. The zero-order valence-electron chi connectivity index (χ0n) is 9.43. The summed E-state index contributed by atoms with van der Waals surface area (Å²) in [6, 6.07) is 5.55. The number of rotatable bonds is 1. The Hall–Kier alpha value is -1.65. The number of nitrogens with zero attached hydrogens (tertiary/aromatic N) is 4. The highest BCUT2D eigenvalue weighted by Crippen LogP contribution is 2.27. The summed E-state index contributed by atoms with van der Waals surface area (Å²) in [5, 5.41) is 1.89. The molecule has 3 rings (SSSR count). The molecule has 0 aliphatic rings. The van der Waals surface area contributed by atoms with Gasteiger partial charge in [-0.15, -0.1) is 0 Å². The summed E-state index contributed by atoms with van der Waals surface area (Å²) in [5.74, 6) is 0. The Morgan fingerprint density at radius 2 is 1.78 bits per heavy atom. The molecule has 0 aliphatic heterocycles. The molecule has 18 heavy (non-hydrogen) atoms. The van der Waals surface area contributed by atoms with Crippen LogP contribution in [0, 0.1) is 0 Å². The van der Waals surface area contributed by atoms with Crippen molar-refractivity contribution in [1.82, 2.24) is 19.5 Å². The number of aromatic nitrogens is 4. The van der Waals surface area contributed by atoms with Gasteiger partial charge in [-0.2, -0.15) is 0 Å². The van der Waals surface area contributed by atoms with E-state index in [1.165, 1.54) is 6.33 Å². The highest BCUT2D eigenvalue weighted by molar-refractivity contribution is 6.30. The first-order chi connectivity index (χ1) is 8.65. The van der Waals surface area contributed by atoms with E-state index in [2.05, 4.69) is 15.0 Å². The second-order valence-electron chi connectivity index (χ2n) is 3.88. The Labute approximate surface area is 113 Å². The minimum absolute atomic E-state index is 0.418. The molecule has 3 heterocycles. The third kappa shape index (κ3) is 1.83. The van der Waals surface area contributed by atoms with Gasteiger partial charge < -0.3 is 4.57 Å². The predicted molar refractivity (Wildman–Crippen MR) is 71.8 cm³/mol. The van der Waals surface area contributed by atoms with Crippen LogP contribution in [0.1, 0.15) is 0 Å². The fourth-order valence-electron chi connectivity index (χ4n) is 1.93. The first kappa shape index (κ1) is 11.4. The molecule has 4 nitrogen and oxygen atoms in total. The summed E-state index contributed by atoms with van der Waals surface area (Å²) in [4.78, 5) is 12.2. The predicted octanol–water partition coefficient (Wildman–Crippen LogP) is 3.34. The van der Waals surface area contributed by atoms with Gasteiger partial charge in [-0.25, -0.2) is 15.0 Å². The first-order valence-electron chi connectivity index (χ1n) is 5.24. The van der Waals surface area contributed by atoms with Gasteiger partial charge in [0.05, 0.1) is 16.9 Å². The summed E-state index contributed by atoms with van der Waals surface area (Å²) < 4.78 is 2.00. The van der Waals surface area contributed by atoms with Gasteiger partial charge in [0.15, 0.2) is 0 Å². The zero-order valence-corrected chi connectivity index (χ0v) is 10.9. The van der Waals surface area contributed by atoms with Crippen molar-refractivity contribution in [1.29, 1.82) is 0 Å². The molecule has 3 aromatic heterocycles. The normalized spacial score (nSPS) is 11.1. The van der Waals surface area contributed by atoms with Crippen molar-refractivity contribution in [2.24, 2.45) is 7.05 Å². The van der Waals surface area contributed by atoms with E-state index in [0.29, 0.717) is 10.3 Å². The summed E-state index contributed by atoms with van der Waals surface area (Å²) in [5.41, 5.74) is 2.71. The molecule has 0 aromatic carbocycles. The fourth-order valence-corrected chi connectivity index (χ4v) is 2.22. The Morgan fingerprint density at radius 1 is 1.00 bits per heavy atom. The molecule has 3 aromatic rings. The number of fused-ring (bicyclic) bond motifs is 1. The minimum Gasteiger partial charge on any atom is -0.342 e. The molecule has 0 unspecified atom stereocenters. The van der Waals surface area contributed by atoms with Crippen LogP contribution in [0.2, 0.25) is 10.3 Å². The summed E-state index contributed by atoms with van der Waals surface area (Å²) in [6.07, 6.45) is 3.19. The molecule has 0 spiro atoms. The van der Waals surface area contributed by atoms with Gasteiger partial charge in [-0.3, -0.25) is 0 Å². The molecule has 0 bridgehead atoms. The van der Waals surface area contributed by atoms with Gasteiger partial charge in [0.2, 0.25) is 0 Å². The van der Waals surface area contributed by atoms with Gasteiger partial charge in [0.25, 0.3) is 0 Å². The zero-order chi connectivity index (χ0) is 12.7. The van der Waals surface area contributed by atoms with Crippen LogP contribution in [0.3, 0.4) is 0 Å². The van der Waals surface area contributed by atoms with Crippen molar-refractivity contribution in [2.75, 3.05) is 0 Å². The van der Waals surface area contributed by atoms with E-state index in [9.17, 15) is 0 Å². The Bertz CT molecular complexity index is 736. The SMILES string of the molecule is Cn1c(-c2cc(Cl)ncn2)cc2cnc(Cl)cc21. The van der Waals surface area contributed by atoms with Crippen molar-refractivity contribution in [3.8, 4) is 11.4 Å². The number of pyridine rings is 1. The lowest BCUT2D eigenvalue weighted by atomic mass is 10.3. The lowest BCUT2D eigenvalue weighted by Gasteiger charge is -2.03. The van der Waals surface area contributed by atoms with E-state index in [0.717, 1.165) is 22.3 Å². The summed E-state index contributed by atoms with van der Waals surface area (Å²) in [7, 11) is 1.95. The quantitative estimate of drug-likeness (QED) is 0.507. The molecule has 0 saturated heterocycles. The molecular formula is C12H8Cl2N4. The number of halogens is 2. The van der Waals surface area contributed by atoms with Gasteiger partial charge in [0, 0.05) is 24.7 Å². The van der Waals surface area contributed by atoms with E-state index < -0.39 is 0 Å².